The van der Waals surface area contributed by atoms with Gasteiger partial charge in [0.15, 0.2) is 6.61 Å². The Labute approximate surface area is 129 Å². The summed E-state index contributed by atoms with van der Waals surface area (Å²) in [5.74, 6) is 0.197. The van der Waals surface area contributed by atoms with E-state index in [4.69, 9.17) is 15.2 Å². The van der Waals surface area contributed by atoms with Crippen LogP contribution in [0.25, 0.3) is 0 Å². The van der Waals surface area contributed by atoms with E-state index in [0.717, 1.165) is 20.9 Å². The standard InChI is InChI=1S/C13H17Br2NO3/c1-3-18-12(17)7-19-13-10(14)5-9(4-8(2)16)6-11(13)15/h5-6,8H,3-4,7,16H2,1-2H3. The molecule has 4 nitrogen and oxygen atoms in total. The second-order valence-electron chi connectivity index (χ2n) is 4.16. The first-order chi connectivity index (χ1) is 8.93. The Kier molecular flexibility index (Phi) is 6.82. The molecule has 1 atom stereocenters. The van der Waals surface area contributed by atoms with Gasteiger partial charge in [-0.05, 0) is 69.8 Å². The smallest absolute Gasteiger partial charge is 0.344 e. The third kappa shape index (κ3) is 5.50. The van der Waals surface area contributed by atoms with Gasteiger partial charge in [-0.3, -0.25) is 0 Å². The van der Waals surface area contributed by atoms with Crippen LogP contribution in [0.3, 0.4) is 0 Å². The van der Waals surface area contributed by atoms with Crippen molar-refractivity contribution in [3.8, 4) is 5.75 Å². The second kappa shape index (κ2) is 7.87. The number of esters is 1. The van der Waals surface area contributed by atoms with E-state index in [2.05, 4.69) is 31.9 Å². The van der Waals surface area contributed by atoms with E-state index in [9.17, 15) is 4.79 Å². The lowest BCUT2D eigenvalue weighted by Gasteiger charge is -2.12. The molecule has 0 aliphatic carbocycles. The zero-order valence-corrected chi connectivity index (χ0v) is 14.1. The van der Waals surface area contributed by atoms with Crippen molar-refractivity contribution in [3.05, 3.63) is 26.6 Å². The van der Waals surface area contributed by atoms with Gasteiger partial charge >= 0.3 is 5.97 Å². The number of benzene rings is 1. The molecule has 0 bridgehead atoms. The monoisotopic (exact) mass is 393 g/mol. The van der Waals surface area contributed by atoms with Crippen molar-refractivity contribution in [1.82, 2.24) is 0 Å². The molecule has 0 spiro atoms. The van der Waals surface area contributed by atoms with Crippen LogP contribution in [-0.2, 0) is 16.0 Å². The minimum Gasteiger partial charge on any atom is -0.480 e. The van der Waals surface area contributed by atoms with Crippen LogP contribution in [-0.4, -0.2) is 25.2 Å². The molecule has 1 rings (SSSR count). The fraction of sp³-hybridized carbons (Fsp3) is 0.462. The van der Waals surface area contributed by atoms with Gasteiger partial charge in [-0.1, -0.05) is 0 Å². The Balaban J connectivity index is 2.76. The first kappa shape index (κ1) is 16.5. The maximum absolute atomic E-state index is 11.3. The number of nitrogens with two attached hydrogens (primary N) is 1. The molecule has 0 saturated carbocycles. The van der Waals surface area contributed by atoms with Gasteiger partial charge in [0.2, 0.25) is 0 Å². The summed E-state index contributed by atoms with van der Waals surface area (Å²) in [7, 11) is 0. The molecule has 19 heavy (non-hydrogen) atoms. The normalized spacial score (nSPS) is 12.1. The molecule has 1 unspecified atom stereocenters. The predicted molar refractivity (Wildman–Crippen MR) is 81.3 cm³/mol. The van der Waals surface area contributed by atoms with Crippen molar-refractivity contribution in [2.45, 2.75) is 26.3 Å². The molecule has 0 radical (unpaired) electrons. The van der Waals surface area contributed by atoms with E-state index in [0.29, 0.717) is 12.4 Å². The zero-order valence-electron chi connectivity index (χ0n) is 10.9. The first-order valence-electron chi connectivity index (χ1n) is 5.96. The van der Waals surface area contributed by atoms with Crippen molar-refractivity contribution in [2.75, 3.05) is 13.2 Å². The second-order valence-corrected chi connectivity index (χ2v) is 5.87. The number of halogens is 2. The van der Waals surface area contributed by atoms with Gasteiger partial charge in [-0.15, -0.1) is 0 Å². The Hall–Kier alpha value is -0.590. The first-order valence-corrected chi connectivity index (χ1v) is 7.54. The van der Waals surface area contributed by atoms with E-state index in [-0.39, 0.29) is 18.6 Å². The Morgan fingerprint density at radius 2 is 1.95 bits per heavy atom. The Morgan fingerprint density at radius 3 is 2.42 bits per heavy atom. The van der Waals surface area contributed by atoms with Gasteiger partial charge in [0.1, 0.15) is 5.75 Å². The van der Waals surface area contributed by atoms with Crippen molar-refractivity contribution in [2.24, 2.45) is 5.73 Å². The summed E-state index contributed by atoms with van der Waals surface area (Å²) in [5.41, 5.74) is 6.87. The molecule has 0 amide bonds. The fourth-order valence-corrected chi connectivity index (χ4v) is 3.08. The molecule has 0 aliphatic rings. The van der Waals surface area contributed by atoms with Crippen LogP contribution in [0, 0.1) is 0 Å². The molecule has 0 aliphatic heterocycles. The third-order valence-electron chi connectivity index (χ3n) is 2.26. The average molecular weight is 395 g/mol. The highest BCUT2D eigenvalue weighted by molar-refractivity contribution is 9.11. The molecular formula is C13H17Br2NO3. The molecule has 0 aromatic heterocycles. The van der Waals surface area contributed by atoms with Gasteiger partial charge in [0.25, 0.3) is 0 Å². The lowest BCUT2D eigenvalue weighted by atomic mass is 10.1. The minimum absolute atomic E-state index is 0.0881. The largest absolute Gasteiger partial charge is 0.480 e. The fourth-order valence-electron chi connectivity index (χ4n) is 1.57. The molecule has 0 fully saturated rings. The molecule has 1 aromatic carbocycles. The van der Waals surface area contributed by atoms with Crippen molar-refractivity contribution >= 4 is 37.8 Å². The lowest BCUT2D eigenvalue weighted by molar-refractivity contribution is -0.145. The zero-order chi connectivity index (χ0) is 14.4. The van der Waals surface area contributed by atoms with Crippen molar-refractivity contribution in [3.63, 3.8) is 0 Å². The molecule has 1 aromatic rings. The SMILES string of the molecule is CCOC(=O)COc1c(Br)cc(CC(C)N)cc1Br. The number of hydrogen-bond donors (Lipinski definition) is 1. The summed E-state index contributed by atoms with van der Waals surface area (Å²) in [6.07, 6.45) is 0.773. The summed E-state index contributed by atoms with van der Waals surface area (Å²) in [6, 6.07) is 3.97. The van der Waals surface area contributed by atoms with Crippen LogP contribution in [0.15, 0.2) is 21.1 Å². The molecule has 106 valence electrons. The molecule has 6 heteroatoms. The van der Waals surface area contributed by atoms with Crippen molar-refractivity contribution < 1.29 is 14.3 Å². The topological polar surface area (TPSA) is 61.5 Å². The number of hydrogen-bond acceptors (Lipinski definition) is 4. The average Bonchev–Trinajstić information content (AvgIpc) is 2.27. The molecule has 0 heterocycles. The van der Waals surface area contributed by atoms with Crippen LogP contribution >= 0.6 is 31.9 Å². The van der Waals surface area contributed by atoms with Crippen molar-refractivity contribution in [1.29, 1.82) is 0 Å². The van der Waals surface area contributed by atoms with Crippen LogP contribution in [0.4, 0.5) is 0 Å². The lowest BCUT2D eigenvalue weighted by Crippen LogP contribution is -2.18. The van der Waals surface area contributed by atoms with Gasteiger partial charge in [0, 0.05) is 6.04 Å². The number of rotatable bonds is 6. The highest BCUT2D eigenvalue weighted by Gasteiger charge is 2.12. The summed E-state index contributed by atoms with van der Waals surface area (Å²) in [5, 5.41) is 0. The van der Waals surface area contributed by atoms with Gasteiger partial charge in [-0.25, -0.2) is 4.79 Å². The van der Waals surface area contributed by atoms with E-state index in [1.807, 2.05) is 19.1 Å². The summed E-state index contributed by atoms with van der Waals surface area (Å²) in [4.78, 5) is 11.3. The highest BCUT2D eigenvalue weighted by atomic mass is 79.9. The van der Waals surface area contributed by atoms with E-state index in [1.165, 1.54) is 0 Å². The van der Waals surface area contributed by atoms with Gasteiger partial charge in [0.05, 0.1) is 15.6 Å². The Bertz CT molecular complexity index is 427. The maximum atomic E-state index is 11.3. The van der Waals surface area contributed by atoms with Gasteiger partial charge < -0.3 is 15.2 Å². The molecular weight excluding hydrogens is 378 g/mol. The van der Waals surface area contributed by atoms with E-state index >= 15 is 0 Å². The maximum Gasteiger partial charge on any atom is 0.344 e. The van der Waals surface area contributed by atoms with E-state index < -0.39 is 0 Å². The number of carbonyl (C=O) groups excluding carboxylic acids is 1. The summed E-state index contributed by atoms with van der Waals surface area (Å²) >= 11 is 6.86. The van der Waals surface area contributed by atoms with Crippen LogP contribution < -0.4 is 10.5 Å². The molecule has 0 saturated heterocycles. The third-order valence-corrected chi connectivity index (χ3v) is 3.43. The summed E-state index contributed by atoms with van der Waals surface area (Å²) < 4.78 is 11.8. The predicted octanol–water partition coefficient (Wildman–Crippen LogP) is 3.04. The minimum atomic E-state index is -0.388. The number of ether oxygens (including phenoxy) is 2. The summed E-state index contributed by atoms with van der Waals surface area (Å²) in [6.45, 7) is 3.94. The quantitative estimate of drug-likeness (QED) is 0.753. The van der Waals surface area contributed by atoms with Crippen LogP contribution in [0.2, 0.25) is 0 Å². The highest BCUT2D eigenvalue weighted by Crippen LogP contribution is 2.35. The van der Waals surface area contributed by atoms with E-state index in [1.54, 1.807) is 6.92 Å². The van der Waals surface area contributed by atoms with Crippen LogP contribution in [0.1, 0.15) is 19.4 Å². The molecule has 2 N–H and O–H groups in total. The van der Waals surface area contributed by atoms with Crippen LogP contribution in [0.5, 0.6) is 5.75 Å². The number of carbonyl (C=O) groups is 1. The van der Waals surface area contributed by atoms with Gasteiger partial charge in [-0.2, -0.15) is 0 Å². The Morgan fingerprint density at radius 1 is 1.37 bits per heavy atom.